The summed E-state index contributed by atoms with van der Waals surface area (Å²) in [7, 11) is 0. The molecular formula is C13H14N2OS. The van der Waals surface area contributed by atoms with Crippen molar-refractivity contribution >= 4 is 12.2 Å². The molecule has 0 radical (unpaired) electrons. The molecule has 3 nitrogen and oxygen atoms in total. The highest BCUT2D eigenvalue weighted by Crippen LogP contribution is 2.20. The molecule has 4 heteroatoms. The molecule has 0 bridgehead atoms. The maximum atomic E-state index is 11.1. The summed E-state index contributed by atoms with van der Waals surface area (Å²) in [6.07, 6.45) is 1.73. The molecule has 1 aromatic carbocycles. The van der Waals surface area contributed by atoms with Crippen LogP contribution in [0.25, 0.3) is 0 Å². The maximum absolute atomic E-state index is 11.1. The molecule has 1 atom stereocenters. The largest absolute Gasteiger partial charge is 0.318 e. The molecule has 1 N–H and O–H groups in total. The van der Waals surface area contributed by atoms with Crippen molar-refractivity contribution in [2.45, 2.75) is 19.9 Å². The van der Waals surface area contributed by atoms with Gasteiger partial charge < -0.3 is 4.57 Å². The number of H-pyrrole nitrogens is 1. The number of nitrogens with one attached hydrogen (secondary N) is 1. The van der Waals surface area contributed by atoms with Crippen LogP contribution >= 0.6 is 12.2 Å². The molecule has 0 aliphatic heterocycles. The Bertz CT molecular complexity index is 642. The van der Waals surface area contributed by atoms with Gasteiger partial charge in [-0.25, -0.2) is 0 Å². The Kier molecular flexibility index (Phi) is 3.24. The Labute approximate surface area is 105 Å². The zero-order valence-electron chi connectivity index (χ0n) is 9.81. The molecule has 1 unspecified atom stereocenters. The van der Waals surface area contributed by atoms with Gasteiger partial charge in [-0.05, 0) is 37.2 Å². The highest BCUT2D eigenvalue weighted by molar-refractivity contribution is 7.71. The third kappa shape index (κ3) is 2.36. The maximum Gasteiger partial charge on any atom is 0.251 e. The number of hydrogen-bond acceptors (Lipinski definition) is 2. The van der Waals surface area contributed by atoms with Crippen LogP contribution in [0.4, 0.5) is 0 Å². The Balaban J connectivity index is 2.51. The zero-order chi connectivity index (χ0) is 12.4. The fourth-order valence-electron chi connectivity index (χ4n) is 1.94. The summed E-state index contributed by atoms with van der Waals surface area (Å²) in [6.45, 7) is 4.14. The number of aromatic amines is 1. The summed E-state index contributed by atoms with van der Waals surface area (Å²) >= 11 is 5.17. The Hall–Kier alpha value is -1.68. The van der Waals surface area contributed by atoms with Gasteiger partial charge in [-0.3, -0.25) is 9.78 Å². The van der Waals surface area contributed by atoms with Crippen molar-refractivity contribution in [1.82, 2.24) is 9.55 Å². The molecular weight excluding hydrogens is 232 g/mol. The highest BCUT2D eigenvalue weighted by atomic mass is 32.1. The predicted octanol–water partition coefficient (Wildman–Crippen LogP) is 2.82. The summed E-state index contributed by atoms with van der Waals surface area (Å²) in [5, 5.41) is 0. The SMILES string of the molecule is Cc1ccccc1C(C)n1ccc(=O)[nH]c1=S. The van der Waals surface area contributed by atoms with Gasteiger partial charge in [0.05, 0.1) is 6.04 Å². The van der Waals surface area contributed by atoms with Crippen molar-refractivity contribution in [3.8, 4) is 0 Å². The van der Waals surface area contributed by atoms with E-state index in [2.05, 4.69) is 31.0 Å². The number of aromatic nitrogens is 2. The summed E-state index contributed by atoms with van der Waals surface area (Å²) < 4.78 is 2.34. The van der Waals surface area contributed by atoms with Gasteiger partial charge in [0.1, 0.15) is 0 Å². The van der Waals surface area contributed by atoms with Crippen LogP contribution < -0.4 is 5.56 Å². The lowest BCUT2D eigenvalue weighted by Gasteiger charge is -2.18. The molecule has 1 heterocycles. The van der Waals surface area contributed by atoms with E-state index in [1.807, 2.05) is 16.7 Å². The number of rotatable bonds is 2. The molecule has 17 heavy (non-hydrogen) atoms. The zero-order valence-corrected chi connectivity index (χ0v) is 10.6. The van der Waals surface area contributed by atoms with Crippen LogP contribution in [0.1, 0.15) is 24.1 Å². The molecule has 2 aromatic rings. The fraction of sp³-hybridized carbons (Fsp3) is 0.231. The molecule has 0 amide bonds. The van der Waals surface area contributed by atoms with E-state index >= 15 is 0 Å². The Morgan fingerprint density at radius 3 is 2.65 bits per heavy atom. The minimum atomic E-state index is -0.164. The summed E-state index contributed by atoms with van der Waals surface area (Å²) in [6, 6.07) is 9.77. The van der Waals surface area contributed by atoms with Gasteiger partial charge in [-0.2, -0.15) is 0 Å². The third-order valence-electron chi connectivity index (χ3n) is 2.91. The molecule has 0 fully saturated rings. The van der Waals surface area contributed by atoms with Crippen LogP contribution in [0, 0.1) is 11.7 Å². The second-order valence-electron chi connectivity index (χ2n) is 4.05. The van der Waals surface area contributed by atoms with Crippen LogP contribution in [-0.4, -0.2) is 9.55 Å². The fourth-order valence-corrected chi connectivity index (χ4v) is 2.26. The smallest absolute Gasteiger partial charge is 0.251 e. The third-order valence-corrected chi connectivity index (χ3v) is 3.22. The first-order chi connectivity index (χ1) is 8.09. The lowest BCUT2D eigenvalue weighted by molar-refractivity contribution is 0.607. The second-order valence-corrected chi connectivity index (χ2v) is 4.44. The van der Waals surface area contributed by atoms with Gasteiger partial charge in [-0.1, -0.05) is 24.3 Å². The summed E-state index contributed by atoms with van der Waals surface area (Å²) in [5.41, 5.74) is 2.26. The number of hydrogen-bond donors (Lipinski definition) is 1. The summed E-state index contributed by atoms with van der Waals surface area (Å²) in [5.74, 6) is 0. The van der Waals surface area contributed by atoms with E-state index in [0.717, 1.165) is 0 Å². The molecule has 0 saturated heterocycles. The van der Waals surface area contributed by atoms with E-state index in [4.69, 9.17) is 12.2 Å². The van der Waals surface area contributed by atoms with E-state index in [1.165, 1.54) is 17.2 Å². The minimum absolute atomic E-state index is 0.112. The van der Waals surface area contributed by atoms with Crippen LogP contribution in [0.3, 0.4) is 0 Å². The van der Waals surface area contributed by atoms with Crippen LogP contribution in [0.5, 0.6) is 0 Å². The topological polar surface area (TPSA) is 37.8 Å². The summed E-state index contributed by atoms with van der Waals surface area (Å²) in [4.78, 5) is 13.8. The first-order valence-electron chi connectivity index (χ1n) is 5.46. The highest BCUT2D eigenvalue weighted by Gasteiger charge is 2.09. The Morgan fingerprint density at radius 1 is 1.29 bits per heavy atom. The number of nitrogens with zero attached hydrogens (tertiary/aromatic N) is 1. The minimum Gasteiger partial charge on any atom is -0.318 e. The lowest BCUT2D eigenvalue weighted by Crippen LogP contribution is -2.15. The molecule has 0 aliphatic rings. The van der Waals surface area contributed by atoms with Crippen molar-refractivity contribution in [1.29, 1.82) is 0 Å². The monoisotopic (exact) mass is 246 g/mol. The van der Waals surface area contributed by atoms with Crippen molar-refractivity contribution in [2.75, 3.05) is 0 Å². The van der Waals surface area contributed by atoms with E-state index in [9.17, 15) is 4.79 Å². The standard InChI is InChI=1S/C13H14N2OS/c1-9-5-3-4-6-11(9)10(2)15-8-7-12(16)14-13(15)17/h3-8,10H,1-2H3,(H,14,16,17). The van der Waals surface area contributed by atoms with Gasteiger partial charge in [-0.15, -0.1) is 0 Å². The van der Waals surface area contributed by atoms with E-state index < -0.39 is 0 Å². The second kappa shape index (κ2) is 4.67. The van der Waals surface area contributed by atoms with E-state index in [0.29, 0.717) is 4.77 Å². The van der Waals surface area contributed by atoms with Gasteiger partial charge in [0.25, 0.3) is 5.56 Å². The molecule has 2 rings (SSSR count). The lowest BCUT2D eigenvalue weighted by atomic mass is 10.0. The van der Waals surface area contributed by atoms with Gasteiger partial charge in [0.2, 0.25) is 0 Å². The van der Waals surface area contributed by atoms with Crippen molar-refractivity contribution in [3.05, 3.63) is 62.8 Å². The van der Waals surface area contributed by atoms with Crippen LogP contribution in [-0.2, 0) is 0 Å². The number of benzene rings is 1. The first-order valence-corrected chi connectivity index (χ1v) is 5.87. The molecule has 0 aliphatic carbocycles. The van der Waals surface area contributed by atoms with Gasteiger partial charge >= 0.3 is 0 Å². The molecule has 0 spiro atoms. The van der Waals surface area contributed by atoms with E-state index in [1.54, 1.807) is 6.20 Å². The number of aryl methyl sites for hydroxylation is 1. The van der Waals surface area contributed by atoms with Gasteiger partial charge in [0, 0.05) is 12.3 Å². The molecule has 88 valence electrons. The molecule has 1 aromatic heterocycles. The Morgan fingerprint density at radius 2 is 2.00 bits per heavy atom. The van der Waals surface area contributed by atoms with Crippen molar-refractivity contribution in [3.63, 3.8) is 0 Å². The molecule has 0 saturated carbocycles. The van der Waals surface area contributed by atoms with Crippen molar-refractivity contribution in [2.24, 2.45) is 0 Å². The van der Waals surface area contributed by atoms with Gasteiger partial charge in [0.15, 0.2) is 4.77 Å². The van der Waals surface area contributed by atoms with Crippen LogP contribution in [0.2, 0.25) is 0 Å². The average Bonchev–Trinajstić information content (AvgIpc) is 2.29. The first kappa shape index (κ1) is 11.8. The van der Waals surface area contributed by atoms with Crippen LogP contribution in [0.15, 0.2) is 41.3 Å². The predicted molar refractivity (Wildman–Crippen MR) is 70.9 cm³/mol. The normalized spacial score (nSPS) is 12.4. The van der Waals surface area contributed by atoms with E-state index in [-0.39, 0.29) is 11.6 Å². The van der Waals surface area contributed by atoms with Crippen molar-refractivity contribution < 1.29 is 0 Å². The quantitative estimate of drug-likeness (QED) is 0.827. The average molecular weight is 246 g/mol.